The summed E-state index contributed by atoms with van der Waals surface area (Å²) in [6.07, 6.45) is 4.45. The number of aromatic nitrogens is 1. The molecule has 2 fully saturated rings. The lowest BCUT2D eigenvalue weighted by molar-refractivity contribution is -0.134. The van der Waals surface area contributed by atoms with Crippen LogP contribution in [0.25, 0.3) is 0 Å². The molecule has 2 heterocycles. The van der Waals surface area contributed by atoms with E-state index < -0.39 is 5.54 Å². The second kappa shape index (κ2) is 6.85. The fraction of sp³-hybridized carbons (Fsp3) is 0.647. The Morgan fingerprint density at radius 2 is 2.08 bits per heavy atom. The molecule has 1 aliphatic carbocycles. The van der Waals surface area contributed by atoms with Crippen molar-refractivity contribution in [3.8, 4) is 0 Å². The number of amides is 4. The quantitative estimate of drug-likeness (QED) is 0.815. The molecule has 8 heteroatoms. The number of carbonyl (C=O) groups excluding carboxylic acids is 3. The number of hydrogen-bond acceptors (Lipinski definition) is 5. The van der Waals surface area contributed by atoms with E-state index in [4.69, 9.17) is 4.52 Å². The van der Waals surface area contributed by atoms with Crippen molar-refractivity contribution in [3.63, 3.8) is 0 Å². The van der Waals surface area contributed by atoms with Gasteiger partial charge in [0.1, 0.15) is 17.0 Å². The third-order valence-electron chi connectivity index (χ3n) is 5.00. The number of aryl methyl sites for hydroxylation is 1. The van der Waals surface area contributed by atoms with Gasteiger partial charge in [0, 0.05) is 26.1 Å². The van der Waals surface area contributed by atoms with E-state index in [2.05, 4.69) is 10.5 Å². The van der Waals surface area contributed by atoms with Gasteiger partial charge in [-0.1, -0.05) is 24.4 Å². The number of nitrogens with zero attached hydrogens (tertiary/aromatic N) is 3. The molecule has 2 aliphatic rings. The number of nitrogens with one attached hydrogen (secondary N) is 1. The Bertz CT molecular complexity index is 678. The van der Waals surface area contributed by atoms with E-state index in [0.29, 0.717) is 30.8 Å². The average molecular weight is 348 g/mol. The van der Waals surface area contributed by atoms with E-state index in [1.54, 1.807) is 20.0 Å². The van der Waals surface area contributed by atoms with E-state index in [9.17, 15) is 14.4 Å². The van der Waals surface area contributed by atoms with E-state index in [-0.39, 0.29) is 30.8 Å². The van der Waals surface area contributed by atoms with Crippen LogP contribution in [0.1, 0.15) is 50.0 Å². The molecule has 1 aromatic heterocycles. The van der Waals surface area contributed by atoms with Crippen LogP contribution in [-0.2, 0) is 16.1 Å². The number of hydrogen-bond donors (Lipinski definition) is 1. The van der Waals surface area contributed by atoms with Crippen molar-refractivity contribution in [2.45, 2.75) is 57.5 Å². The van der Waals surface area contributed by atoms with Gasteiger partial charge in [-0.25, -0.2) is 4.79 Å². The second-order valence-corrected chi connectivity index (χ2v) is 6.96. The molecule has 8 nitrogen and oxygen atoms in total. The highest BCUT2D eigenvalue weighted by Gasteiger charge is 2.51. The van der Waals surface area contributed by atoms with E-state index in [1.807, 2.05) is 0 Å². The van der Waals surface area contributed by atoms with Crippen LogP contribution >= 0.6 is 0 Å². The van der Waals surface area contributed by atoms with Gasteiger partial charge in [-0.3, -0.25) is 14.5 Å². The van der Waals surface area contributed by atoms with Gasteiger partial charge < -0.3 is 14.7 Å². The molecule has 4 amide bonds. The van der Waals surface area contributed by atoms with Crippen LogP contribution in [0.3, 0.4) is 0 Å². The summed E-state index contributed by atoms with van der Waals surface area (Å²) >= 11 is 0. The van der Waals surface area contributed by atoms with Crippen molar-refractivity contribution in [2.24, 2.45) is 0 Å². The summed E-state index contributed by atoms with van der Waals surface area (Å²) in [6.45, 7) is 2.23. The largest absolute Gasteiger partial charge is 0.361 e. The Morgan fingerprint density at radius 1 is 1.36 bits per heavy atom. The molecule has 1 N–H and O–H groups in total. The SMILES string of the molecule is Cc1cc(CN(C)C(=O)CCN2C(=O)NC3(CCCCC3)C2=O)no1. The Hall–Kier alpha value is -2.38. The molecule has 3 rings (SSSR count). The van der Waals surface area contributed by atoms with E-state index >= 15 is 0 Å². The summed E-state index contributed by atoms with van der Waals surface area (Å²) in [7, 11) is 1.67. The van der Waals surface area contributed by atoms with E-state index in [1.165, 1.54) is 9.80 Å². The normalized spacial score (nSPS) is 19.4. The molecule has 1 aliphatic heterocycles. The molecular weight excluding hydrogens is 324 g/mol. The molecule has 1 spiro atoms. The Kier molecular flexibility index (Phi) is 4.78. The van der Waals surface area contributed by atoms with Gasteiger partial charge >= 0.3 is 6.03 Å². The zero-order valence-electron chi connectivity index (χ0n) is 14.7. The summed E-state index contributed by atoms with van der Waals surface area (Å²) in [5.74, 6) is 0.360. The maximum absolute atomic E-state index is 12.7. The minimum Gasteiger partial charge on any atom is -0.361 e. The zero-order valence-corrected chi connectivity index (χ0v) is 14.7. The van der Waals surface area contributed by atoms with Crippen molar-refractivity contribution < 1.29 is 18.9 Å². The molecule has 0 aromatic carbocycles. The highest BCUT2D eigenvalue weighted by molar-refractivity contribution is 6.07. The van der Waals surface area contributed by atoms with E-state index in [0.717, 1.165) is 19.3 Å². The third-order valence-corrected chi connectivity index (χ3v) is 5.00. The smallest absolute Gasteiger partial charge is 0.325 e. The molecule has 136 valence electrons. The van der Waals surface area contributed by atoms with Gasteiger partial charge in [0.15, 0.2) is 0 Å². The third kappa shape index (κ3) is 3.52. The maximum Gasteiger partial charge on any atom is 0.325 e. The maximum atomic E-state index is 12.7. The zero-order chi connectivity index (χ0) is 18.0. The molecule has 0 unspecified atom stereocenters. The standard InChI is InChI=1S/C17H24N4O4/c1-12-10-13(19-25-12)11-20(2)14(22)6-9-21-15(23)17(18-16(21)24)7-4-3-5-8-17/h10H,3-9,11H2,1-2H3,(H,18,24). The van der Waals surface area contributed by atoms with Crippen LogP contribution in [0.4, 0.5) is 4.79 Å². The summed E-state index contributed by atoms with van der Waals surface area (Å²) < 4.78 is 4.98. The summed E-state index contributed by atoms with van der Waals surface area (Å²) in [5.41, 5.74) is -0.0628. The van der Waals surface area contributed by atoms with Gasteiger partial charge in [0.05, 0.1) is 6.54 Å². The lowest BCUT2D eigenvalue weighted by Crippen LogP contribution is -2.48. The number of imide groups is 1. The summed E-state index contributed by atoms with van der Waals surface area (Å²) in [5, 5.41) is 6.71. The minimum absolute atomic E-state index is 0.0998. The van der Waals surface area contributed by atoms with Crippen molar-refractivity contribution in [1.82, 2.24) is 20.3 Å². The van der Waals surface area contributed by atoms with Crippen molar-refractivity contribution in [3.05, 3.63) is 17.5 Å². The van der Waals surface area contributed by atoms with Crippen LogP contribution in [0, 0.1) is 6.92 Å². The molecule has 25 heavy (non-hydrogen) atoms. The van der Waals surface area contributed by atoms with Gasteiger partial charge in [0.25, 0.3) is 5.91 Å². The van der Waals surface area contributed by atoms with Gasteiger partial charge in [-0.2, -0.15) is 0 Å². The molecule has 0 radical (unpaired) electrons. The van der Waals surface area contributed by atoms with Gasteiger partial charge in [0.2, 0.25) is 5.91 Å². The van der Waals surface area contributed by atoms with Crippen molar-refractivity contribution >= 4 is 17.8 Å². The van der Waals surface area contributed by atoms with Crippen LogP contribution < -0.4 is 5.32 Å². The van der Waals surface area contributed by atoms with Crippen molar-refractivity contribution in [2.75, 3.05) is 13.6 Å². The van der Waals surface area contributed by atoms with Crippen LogP contribution in [0.2, 0.25) is 0 Å². The number of rotatable bonds is 5. The minimum atomic E-state index is -0.734. The first-order chi connectivity index (χ1) is 11.9. The molecular formula is C17H24N4O4. The predicted octanol–water partition coefficient (Wildman–Crippen LogP) is 1.59. The number of carbonyl (C=O) groups is 3. The molecule has 1 aromatic rings. The molecule has 1 saturated carbocycles. The van der Waals surface area contributed by atoms with Gasteiger partial charge in [-0.05, 0) is 19.8 Å². The Labute approximate surface area is 146 Å². The number of urea groups is 1. The van der Waals surface area contributed by atoms with Gasteiger partial charge in [-0.15, -0.1) is 0 Å². The first kappa shape index (κ1) is 17.4. The predicted molar refractivity (Wildman–Crippen MR) is 88.4 cm³/mol. The fourth-order valence-electron chi connectivity index (χ4n) is 3.60. The topological polar surface area (TPSA) is 95.8 Å². The second-order valence-electron chi connectivity index (χ2n) is 6.96. The lowest BCUT2D eigenvalue weighted by atomic mass is 9.82. The average Bonchev–Trinajstić information content (AvgIpc) is 3.08. The molecule has 1 saturated heterocycles. The summed E-state index contributed by atoms with van der Waals surface area (Å²) in [4.78, 5) is 39.8. The van der Waals surface area contributed by atoms with Crippen LogP contribution in [0.5, 0.6) is 0 Å². The highest BCUT2D eigenvalue weighted by Crippen LogP contribution is 2.33. The van der Waals surface area contributed by atoms with Crippen molar-refractivity contribution in [1.29, 1.82) is 0 Å². The Morgan fingerprint density at radius 3 is 2.72 bits per heavy atom. The van der Waals surface area contributed by atoms with Crippen LogP contribution in [-0.4, -0.2) is 51.9 Å². The highest BCUT2D eigenvalue weighted by atomic mass is 16.5. The fourth-order valence-corrected chi connectivity index (χ4v) is 3.60. The lowest BCUT2D eigenvalue weighted by Gasteiger charge is -2.30. The first-order valence-corrected chi connectivity index (χ1v) is 8.71. The molecule has 0 bridgehead atoms. The first-order valence-electron chi connectivity index (χ1n) is 8.71. The monoisotopic (exact) mass is 348 g/mol. The summed E-state index contributed by atoms with van der Waals surface area (Å²) in [6, 6.07) is 1.39. The van der Waals surface area contributed by atoms with Crippen LogP contribution in [0.15, 0.2) is 10.6 Å². The Balaban J connectivity index is 1.54. The molecule has 0 atom stereocenters.